The maximum Gasteiger partial charge on any atom is 0.237 e. The fraction of sp³-hybridized carbons (Fsp3) is 0.300. The summed E-state index contributed by atoms with van der Waals surface area (Å²) >= 11 is 4.89. The molecule has 5 N–H and O–H groups in total. The van der Waals surface area contributed by atoms with Crippen molar-refractivity contribution in [1.29, 1.82) is 0 Å². The lowest BCUT2D eigenvalue weighted by atomic mass is 10.2. The maximum atomic E-state index is 11.2. The van der Waals surface area contributed by atoms with Crippen LogP contribution < -0.4 is 17.0 Å². The third-order valence-electron chi connectivity index (χ3n) is 2.05. The Labute approximate surface area is 107 Å². The number of thioether (sulfide) groups is 1. The Kier molecular flexibility index (Phi) is 5.11. The summed E-state index contributed by atoms with van der Waals surface area (Å²) < 4.78 is 0.946. The molecule has 0 saturated heterocycles. The third-order valence-corrected chi connectivity index (χ3v) is 3.89. The van der Waals surface area contributed by atoms with Crippen LogP contribution in [0.1, 0.15) is 6.92 Å². The zero-order valence-electron chi connectivity index (χ0n) is 8.87. The predicted octanol–water partition coefficient (Wildman–Crippen LogP) is 1.75. The highest BCUT2D eigenvalue weighted by Gasteiger charge is 2.12. The summed E-state index contributed by atoms with van der Waals surface area (Å²) in [6.45, 7) is 1.82. The molecule has 0 radical (unpaired) electrons. The highest BCUT2D eigenvalue weighted by Crippen LogP contribution is 2.29. The average Bonchev–Trinajstić information content (AvgIpc) is 2.26. The molecule has 1 aromatic carbocycles. The van der Waals surface area contributed by atoms with Crippen LogP contribution in [0.25, 0.3) is 0 Å². The summed E-state index contributed by atoms with van der Waals surface area (Å²) in [5, 5.41) is 0. The Hall–Kier alpha value is -0.720. The molecule has 0 aromatic heterocycles. The van der Waals surface area contributed by atoms with E-state index in [1.807, 2.05) is 25.1 Å². The molecule has 0 aliphatic heterocycles. The third kappa shape index (κ3) is 3.70. The topological polar surface area (TPSA) is 81.1 Å². The molecule has 0 saturated carbocycles. The molecule has 1 atom stereocenters. The van der Waals surface area contributed by atoms with Crippen LogP contribution >= 0.6 is 27.7 Å². The van der Waals surface area contributed by atoms with Crippen molar-refractivity contribution in [2.24, 2.45) is 11.8 Å². The van der Waals surface area contributed by atoms with Gasteiger partial charge in [-0.1, -0.05) is 22.9 Å². The van der Waals surface area contributed by atoms with E-state index in [0.29, 0.717) is 11.4 Å². The van der Waals surface area contributed by atoms with Crippen LogP contribution in [0.4, 0.5) is 5.69 Å². The van der Waals surface area contributed by atoms with E-state index in [-0.39, 0.29) is 11.8 Å². The van der Waals surface area contributed by atoms with Crippen molar-refractivity contribution in [3.8, 4) is 0 Å². The number of anilines is 1. The second kappa shape index (κ2) is 6.12. The van der Waals surface area contributed by atoms with Gasteiger partial charge in [0.2, 0.25) is 5.91 Å². The molecule has 0 fully saturated rings. The molecular weight excluding hydrogens is 290 g/mol. The van der Waals surface area contributed by atoms with Crippen molar-refractivity contribution in [1.82, 2.24) is 5.43 Å². The summed E-state index contributed by atoms with van der Waals surface area (Å²) in [7, 11) is 0. The van der Waals surface area contributed by atoms with E-state index in [1.54, 1.807) is 11.8 Å². The van der Waals surface area contributed by atoms with Crippen LogP contribution in [0.5, 0.6) is 0 Å². The van der Waals surface area contributed by atoms with Gasteiger partial charge >= 0.3 is 0 Å². The highest BCUT2D eigenvalue weighted by molar-refractivity contribution is 9.10. The molecule has 1 amide bonds. The number of benzene rings is 1. The van der Waals surface area contributed by atoms with Crippen molar-refractivity contribution >= 4 is 39.3 Å². The van der Waals surface area contributed by atoms with Gasteiger partial charge in [-0.3, -0.25) is 10.2 Å². The summed E-state index contributed by atoms with van der Waals surface area (Å²) in [6.07, 6.45) is 0. The van der Waals surface area contributed by atoms with E-state index in [0.717, 1.165) is 9.37 Å². The van der Waals surface area contributed by atoms with E-state index in [4.69, 9.17) is 11.6 Å². The van der Waals surface area contributed by atoms with E-state index >= 15 is 0 Å². The SMILES string of the molecule is CC(CSc1ccc(Br)cc1N)C(=O)NN. The number of rotatable bonds is 4. The molecule has 1 rings (SSSR count). The van der Waals surface area contributed by atoms with Gasteiger partial charge in [-0.15, -0.1) is 11.8 Å². The van der Waals surface area contributed by atoms with Gasteiger partial charge < -0.3 is 5.73 Å². The zero-order valence-corrected chi connectivity index (χ0v) is 11.3. The summed E-state index contributed by atoms with van der Waals surface area (Å²) in [6, 6.07) is 5.69. The van der Waals surface area contributed by atoms with Gasteiger partial charge in [-0.2, -0.15) is 0 Å². The van der Waals surface area contributed by atoms with Crippen molar-refractivity contribution in [2.75, 3.05) is 11.5 Å². The first-order valence-corrected chi connectivity index (χ1v) is 6.50. The Bertz CT molecular complexity index is 386. The number of amides is 1. The normalized spacial score (nSPS) is 12.2. The van der Waals surface area contributed by atoms with Crippen molar-refractivity contribution < 1.29 is 4.79 Å². The zero-order chi connectivity index (χ0) is 12.1. The lowest BCUT2D eigenvalue weighted by Gasteiger charge is -2.10. The standard InChI is InChI=1S/C10H14BrN3OS/c1-6(10(15)14-13)5-16-9-3-2-7(11)4-8(9)12/h2-4,6H,5,12-13H2,1H3,(H,14,15). The second-order valence-electron chi connectivity index (χ2n) is 3.40. The van der Waals surface area contributed by atoms with Crippen molar-refractivity contribution in [2.45, 2.75) is 11.8 Å². The molecule has 0 aliphatic rings. The molecule has 1 unspecified atom stereocenters. The molecule has 16 heavy (non-hydrogen) atoms. The lowest BCUT2D eigenvalue weighted by Crippen LogP contribution is -2.35. The van der Waals surface area contributed by atoms with Gasteiger partial charge in [-0.05, 0) is 18.2 Å². The number of carbonyl (C=O) groups is 1. The van der Waals surface area contributed by atoms with Crippen LogP contribution in [0.2, 0.25) is 0 Å². The number of halogens is 1. The molecule has 0 heterocycles. The van der Waals surface area contributed by atoms with Gasteiger partial charge in [0.15, 0.2) is 0 Å². The molecular formula is C10H14BrN3OS. The number of hydrogen-bond acceptors (Lipinski definition) is 4. The first kappa shape index (κ1) is 13.3. The fourth-order valence-electron chi connectivity index (χ4n) is 1.08. The van der Waals surface area contributed by atoms with Crippen LogP contribution in [0, 0.1) is 5.92 Å². The Morgan fingerprint density at radius 1 is 1.62 bits per heavy atom. The lowest BCUT2D eigenvalue weighted by molar-refractivity contribution is -0.123. The Morgan fingerprint density at radius 2 is 2.31 bits per heavy atom. The monoisotopic (exact) mass is 303 g/mol. The molecule has 4 nitrogen and oxygen atoms in total. The number of hydrazine groups is 1. The highest BCUT2D eigenvalue weighted by atomic mass is 79.9. The summed E-state index contributed by atoms with van der Waals surface area (Å²) in [4.78, 5) is 12.2. The minimum absolute atomic E-state index is 0.141. The van der Waals surface area contributed by atoms with Crippen LogP contribution in [-0.4, -0.2) is 11.7 Å². The minimum atomic E-state index is -0.164. The number of hydrogen-bond donors (Lipinski definition) is 3. The van der Waals surface area contributed by atoms with Gasteiger partial charge in [0, 0.05) is 26.7 Å². The van der Waals surface area contributed by atoms with Gasteiger partial charge in [0.1, 0.15) is 0 Å². The predicted molar refractivity (Wildman–Crippen MR) is 70.8 cm³/mol. The molecule has 0 aliphatic carbocycles. The molecule has 0 spiro atoms. The molecule has 88 valence electrons. The van der Waals surface area contributed by atoms with Crippen LogP contribution in [-0.2, 0) is 4.79 Å². The summed E-state index contributed by atoms with van der Waals surface area (Å²) in [5.74, 6) is 5.40. The van der Waals surface area contributed by atoms with E-state index in [9.17, 15) is 4.79 Å². The Balaban J connectivity index is 2.58. The van der Waals surface area contributed by atoms with Crippen molar-refractivity contribution in [3.63, 3.8) is 0 Å². The van der Waals surface area contributed by atoms with Crippen LogP contribution in [0.3, 0.4) is 0 Å². The number of carbonyl (C=O) groups excluding carboxylic acids is 1. The van der Waals surface area contributed by atoms with Gasteiger partial charge in [-0.25, -0.2) is 5.84 Å². The van der Waals surface area contributed by atoms with E-state index in [2.05, 4.69) is 21.4 Å². The van der Waals surface area contributed by atoms with Gasteiger partial charge in [0.25, 0.3) is 0 Å². The summed E-state index contributed by atoms with van der Waals surface area (Å²) in [5.41, 5.74) is 8.68. The largest absolute Gasteiger partial charge is 0.398 e. The van der Waals surface area contributed by atoms with E-state index < -0.39 is 0 Å². The first-order valence-electron chi connectivity index (χ1n) is 4.73. The second-order valence-corrected chi connectivity index (χ2v) is 5.38. The number of nitrogen functional groups attached to an aromatic ring is 1. The quantitative estimate of drug-likeness (QED) is 0.260. The smallest absolute Gasteiger partial charge is 0.237 e. The fourth-order valence-corrected chi connectivity index (χ4v) is 2.43. The minimum Gasteiger partial charge on any atom is -0.398 e. The molecule has 1 aromatic rings. The first-order chi connectivity index (χ1) is 7.54. The molecule has 6 heteroatoms. The van der Waals surface area contributed by atoms with Crippen LogP contribution in [0.15, 0.2) is 27.6 Å². The van der Waals surface area contributed by atoms with Crippen molar-refractivity contribution in [3.05, 3.63) is 22.7 Å². The molecule has 0 bridgehead atoms. The Morgan fingerprint density at radius 3 is 2.88 bits per heavy atom. The number of nitrogens with one attached hydrogen (secondary N) is 1. The van der Waals surface area contributed by atoms with E-state index in [1.165, 1.54) is 0 Å². The number of nitrogens with two attached hydrogens (primary N) is 2. The maximum absolute atomic E-state index is 11.2. The van der Waals surface area contributed by atoms with Gasteiger partial charge in [0.05, 0.1) is 0 Å². The average molecular weight is 304 g/mol.